The van der Waals surface area contributed by atoms with Gasteiger partial charge in [0, 0.05) is 23.7 Å². The van der Waals surface area contributed by atoms with Gasteiger partial charge in [0.05, 0.1) is 5.92 Å². The predicted octanol–water partition coefficient (Wildman–Crippen LogP) is 3.68. The second kappa shape index (κ2) is 10.1. The molecule has 1 aliphatic rings. The number of anilines is 1. The van der Waals surface area contributed by atoms with Gasteiger partial charge in [-0.1, -0.05) is 39.2 Å². The molecule has 0 spiro atoms. The molecule has 0 bridgehead atoms. The number of carbonyl (C=O) groups is 3. The van der Waals surface area contributed by atoms with Crippen LogP contribution in [0.25, 0.3) is 0 Å². The van der Waals surface area contributed by atoms with Gasteiger partial charge in [0.2, 0.25) is 5.91 Å². The van der Waals surface area contributed by atoms with Crippen molar-refractivity contribution >= 4 is 23.5 Å². The van der Waals surface area contributed by atoms with Gasteiger partial charge >= 0.3 is 5.97 Å². The fraction of sp³-hybridized carbons (Fsp3) is 0.571. The van der Waals surface area contributed by atoms with Crippen LogP contribution >= 0.6 is 0 Å². The molecule has 0 aliphatic heterocycles. The highest BCUT2D eigenvalue weighted by Crippen LogP contribution is 2.25. The van der Waals surface area contributed by atoms with Crippen molar-refractivity contribution in [2.75, 3.05) is 11.9 Å². The van der Waals surface area contributed by atoms with Crippen molar-refractivity contribution in [3.63, 3.8) is 0 Å². The number of nitrogens with one attached hydrogen (secondary N) is 2. The lowest BCUT2D eigenvalue weighted by Crippen LogP contribution is -2.33. The molecule has 6 nitrogen and oxygen atoms in total. The molecule has 27 heavy (non-hydrogen) atoms. The number of carbonyl (C=O) groups excluding carboxylic acids is 2. The number of hydrogen-bond acceptors (Lipinski definition) is 3. The SMILES string of the molecule is CC(C)CC(CNC(=O)c1cccc(NC(=O)C2CCCCC2)c1)C(=O)O. The molecule has 3 N–H and O–H groups in total. The highest BCUT2D eigenvalue weighted by atomic mass is 16.4. The molecule has 1 aliphatic carbocycles. The molecule has 0 aromatic heterocycles. The lowest BCUT2D eigenvalue weighted by atomic mass is 9.88. The molecule has 6 heteroatoms. The van der Waals surface area contributed by atoms with Crippen LogP contribution in [-0.2, 0) is 9.59 Å². The zero-order chi connectivity index (χ0) is 19.8. The molecule has 1 saturated carbocycles. The molecule has 0 saturated heterocycles. The Hall–Kier alpha value is -2.37. The van der Waals surface area contributed by atoms with Gasteiger partial charge in [0.1, 0.15) is 0 Å². The van der Waals surface area contributed by atoms with E-state index in [0.717, 1.165) is 25.7 Å². The lowest BCUT2D eigenvalue weighted by molar-refractivity contribution is -0.142. The number of carboxylic acid groups (broad SMARTS) is 1. The summed E-state index contributed by atoms with van der Waals surface area (Å²) in [4.78, 5) is 36.1. The van der Waals surface area contributed by atoms with Gasteiger partial charge in [-0.2, -0.15) is 0 Å². The van der Waals surface area contributed by atoms with Gasteiger partial charge in [-0.15, -0.1) is 0 Å². The zero-order valence-corrected chi connectivity index (χ0v) is 16.2. The summed E-state index contributed by atoms with van der Waals surface area (Å²) in [7, 11) is 0. The maximum absolute atomic E-state index is 12.4. The van der Waals surface area contributed by atoms with E-state index >= 15 is 0 Å². The summed E-state index contributed by atoms with van der Waals surface area (Å²) < 4.78 is 0. The standard InChI is InChI=1S/C21H30N2O4/c1-14(2)11-17(21(26)27)13-22-19(24)16-9-6-10-18(12-16)23-20(25)15-7-4-3-5-8-15/h6,9-10,12,14-15,17H,3-5,7-8,11,13H2,1-2H3,(H,22,24)(H,23,25)(H,26,27). The summed E-state index contributed by atoms with van der Waals surface area (Å²) in [6, 6.07) is 6.77. The van der Waals surface area contributed by atoms with E-state index in [1.54, 1.807) is 24.3 Å². The maximum atomic E-state index is 12.4. The van der Waals surface area contributed by atoms with E-state index in [1.165, 1.54) is 6.42 Å². The molecule has 2 amide bonds. The second-order valence-electron chi connectivity index (χ2n) is 7.78. The van der Waals surface area contributed by atoms with Crippen molar-refractivity contribution < 1.29 is 19.5 Å². The van der Waals surface area contributed by atoms with E-state index in [-0.39, 0.29) is 30.2 Å². The van der Waals surface area contributed by atoms with Crippen molar-refractivity contribution in [1.29, 1.82) is 0 Å². The minimum atomic E-state index is -0.905. The first-order valence-corrected chi connectivity index (χ1v) is 9.78. The summed E-state index contributed by atoms with van der Waals surface area (Å²) in [5.74, 6) is -1.56. The molecule has 1 aromatic rings. The molecule has 148 valence electrons. The first kappa shape index (κ1) is 20.9. The fourth-order valence-electron chi connectivity index (χ4n) is 3.51. The van der Waals surface area contributed by atoms with Crippen LogP contribution in [0.2, 0.25) is 0 Å². The summed E-state index contributed by atoms with van der Waals surface area (Å²) in [6.07, 6.45) is 5.70. The van der Waals surface area contributed by atoms with Crippen molar-refractivity contribution in [2.45, 2.75) is 52.4 Å². The van der Waals surface area contributed by atoms with Gasteiger partial charge in [-0.25, -0.2) is 0 Å². The Labute approximate surface area is 160 Å². The fourth-order valence-corrected chi connectivity index (χ4v) is 3.51. The number of aliphatic carboxylic acids is 1. The van der Waals surface area contributed by atoms with Crippen LogP contribution in [0.5, 0.6) is 0 Å². The van der Waals surface area contributed by atoms with Crippen LogP contribution in [0.15, 0.2) is 24.3 Å². The van der Waals surface area contributed by atoms with Crippen molar-refractivity contribution in [2.24, 2.45) is 17.8 Å². The Morgan fingerprint density at radius 2 is 1.85 bits per heavy atom. The third-order valence-corrected chi connectivity index (χ3v) is 4.98. The average Bonchev–Trinajstić information content (AvgIpc) is 2.65. The van der Waals surface area contributed by atoms with Crippen LogP contribution < -0.4 is 10.6 Å². The van der Waals surface area contributed by atoms with Crippen LogP contribution in [0.4, 0.5) is 5.69 Å². The molecule has 1 aromatic carbocycles. The molecule has 2 rings (SSSR count). The van der Waals surface area contributed by atoms with Crippen LogP contribution in [0, 0.1) is 17.8 Å². The molecular formula is C21H30N2O4. The summed E-state index contributed by atoms with van der Waals surface area (Å²) >= 11 is 0. The van der Waals surface area contributed by atoms with Crippen LogP contribution in [0.1, 0.15) is 62.7 Å². The monoisotopic (exact) mass is 374 g/mol. The Morgan fingerprint density at radius 3 is 2.48 bits per heavy atom. The van der Waals surface area contributed by atoms with Gasteiger partial charge in [0.25, 0.3) is 5.91 Å². The van der Waals surface area contributed by atoms with E-state index < -0.39 is 11.9 Å². The van der Waals surface area contributed by atoms with E-state index in [0.29, 0.717) is 17.7 Å². The minimum absolute atomic E-state index is 0.00938. The summed E-state index contributed by atoms with van der Waals surface area (Å²) in [6.45, 7) is 4.00. The Bertz CT molecular complexity index is 666. The highest BCUT2D eigenvalue weighted by molar-refractivity contribution is 5.97. The summed E-state index contributed by atoms with van der Waals surface area (Å²) in [5.41, 5.74) is 1.00. The van der Waals surface area contributed by atoms with Gasteiger partial charge in [-0.05, 0) is 43.4 Å². The van der Waals surface area contributed by atoms with Crippen LogP contribution in [-0.4, -0.2) is 29.4 Å². The molecule has 1 unspecified atom stereocenters. The number of hydrogen-bond donors (Lipinski definition) is 3. The van der Waals surface area contributed by atoms with Crippen molar-refractivity contribution in [3.05, 3.63) is 29.8 Å². The number of carboxylic acids is 1. The zero-order valence-electron chi connectivity index (χ0n) is 16.2. The molecule has 0 radical (unpaired) electrons. The molecular weight excluding hydrogens is 344 g/mol. The normalized spacial score (nSPS) is 16.0. The average molecular weight is 374 g/mol. The van der Waals surface area contributed by atoms with E-state index in [9.17, 15) is 19.5 Å². The van der Waals surface area contributed by atoms with Gasteiger partial charge < -0.3 is 15.7 Å². The maximum Gasteiger partial charge on any atom is 0.308 e. The Morgan fingerprint density at radius 1 is 1.15 bits per heavy atom. The number of benzene rings is 1. The highest BCUT2D eigenvalue weighted by Gasteiger charge is 2.22. The quantitative estimate of drug-likeness (QED) is 0.647. The largest absolute Gasteiger partial charge is 0.481 e. The first-order chi connectivity index (χ1) is 12.9. The van der Waals surface area contributed by atoms with E-state index in [1.807, 2.05) is 13.8 Å². The first-order valence-electron chi connectivity index (χ1n) is 9.78. The second-order valence-corrected chi connectivity index (χ2v) is 7.78. The minimum Gasteiger partial charge on any atom is -0.481 e. The Kier molecular flexibility index (Phi) is 7.82. The summed E-state index contributed by atoms with van der Waals surface area (Å²) in [5, 5.41) is 14.9. The number of amides is 2. The topological polar surface area (TPSA) is 95.5 Å². The smallest absolute Gasteiger partial charge is 0.308 e. The van der Waals surface area contributed by atoms with E-state index in [2.05, 4.69) is 10.6 Å². The van der Waals surface area contributed by atoms with E-state index in [4.69, 9.17) is 0 Å². The molecule has 1 fully saturated rings. The molecule has 0 heterocycles. The predicted molar refractivity (Wildman–Crippen MR) is 105 cm³/mol. The number of rotatable bonds is 8. The van der Waals surface area contributed by atoms with Crippen molar-refractivity contribution in [1.82, 2.24) is 5.32 Å². The third kappa shape index (κ3) is 6.70. The van der Waals surface area contributed by atoms with Gasteiger partial charge in [-0.3, -0.25) is 14.4 Å². The molecule has 1 atom stereocenters. The Balaban J connectivity index is 1.94. The lowest BCUT2D eigenvalue weighted by Gasteiger charge is -2.21. The third-order valence-electron chi connectivity index (χ3n) is 4.98. The van der Waals surface area contributed by atoms with Crippen molar-refractivity contribution in [3.8, 4) is 0 Å². The van der Waals surface area contributed by atoms with Gasteiger partial charge in [0.15, 0.2) is 0 Å². The van der Waals surface area contributed by atoms with Crippen LogP contribution in [0.3, 0.4) is 0 Å².